The van der Waals surface area contributed by atoms with Gasteiger partial charge in [0.15, 0.2) is 0 Å². The third kappa shape index (κ3) is 2.73. The first-order chi connectivity index (χ1) is 9.17. The summed E-state index contributed by atoms with van der Waals surface area (Å²) in [6.07, 6.45) is 0. The van der Waals surface area contributed by atoms with Crippen molar-refractivity contribution in [3.05, 3.63) is 17.7 Å². The van der Waals surface area contributed by atoms with Crippen molar-refractivity contribution in [2.75, 3.05) is 46.3 Å². The summed E-state index contributed by atoms with van der Waals surface area (Å²) >= 11 is 0. The van der Waals surface area contributed by atoms with Crippen LogP contribution in [0.2, 0.25) is 0 Å². The summed E-state index contributed by atoms with van der Waals surface area (Å²) in [5.41, 5.74) is 6.70. The minimum Gasteiger partial charge on any atom is -0.497 e. The number of benzene rings is 1. The smallest absolute Gasteiger partial charge is 0.256 e. The van der Waals surface area contributed by atoms with Crippen LogP contribution in [0.25, 0.3) is 0 Å². The van der Waals surface area contributed by atoms with Crippen LogP contribution in [0.5, 0.6) is 11.5 Å². The molecule has 6 nitrogen and oxygen atoms in total. The normalized spacial score (nSPS) is 15.2. The van der Waals surface area contributed by atoms with Gasteiger partial charge in [0.2, 0.25) is 0 Å². The highest BCUT2D eigenvalue weighted by molar-refractivity contribution is 6.01. The molecular weight excluding hydrogens is 248 g/mol. The molecule has 104 valence electrons. The first-order valence-corrected chi connectivity index (χ1v) is 6.06. The highest BCUT2D eigenvalue weighted by Gasteiger charge is 2.23. The van der Waals surface area contributed by atoms with E-state index in [0.29, 0.717) is 49.1 Å². The van der Waals surface area contributed by atoms with Crippen molar-refractivity contribution in [2.24, 2.45) is 0 Å². The number of methoxy groups -OCH3 is 2. The van der Waals surface area contributed by atoms with Crippen LogP contribution in [0.3, 0.4) is 0 Å². The minimum atomic E-state index is -0.127. The highest BCUT2D eigenvalue weighted by atomic mass is 16.5. The summed E-state index contributed by atoms with van der Waals surface area (Å²) in [6, 6.07) is 3.29. The van der Waals surface area contributed by atoms with Crippen molar-refractivity contribution in [1.82, 2.24) is 4.90 Å². The summed E-state index contributed by atoms with van der Waals surface area (Å²) < 4.78 is 15.6. The van der Waals surface area contributed by atoms with Gasteiger partial charge in [0.05, 0.1) is 38.7 Å². The number of carbonyl (C=O) groups excluding carboxylic acids is 1. The zero-order chi connectivity index (χ0) is 13.8. The molecule has 1 aliphatic heterocycles. The van der Waals surface area contributed by atoms with Crippen LogP contribution in [-0.2, 0) is 4.74 Å². The monoisotopic (exact) mass is 266 g/mol. The van der Waals surface area contributed by atoms with E-state index in [1.165, 1.54) is 14.2 Å². The van der Waals surface area contributed by atoms with Crippen LogP contribution in [0.15, 0.2) is 12.1 Å². The molecule has 6 heteroatoms. The van der Waals surface area contributed by atoms with Gasteiger partial charge in [-0.2, -0.15) is 0 Å². The van der Waals surface area contributed by atoms with E-state index in [1.807, 2.05) is 0 Å². The van der Waals surface area contributed by atoms with E-state index in [0.717, 1.165) is 0 Å². The summed E-state index contributed by atoms with van der Waals surface area (Å²) in [5.74, 6) is 0.858. The second-order valence-corrected chi connectivity index (χ2v) is 4.20. The number of carbonyl (C=O) groups is 1. The molecule has 1 aliphatic rings. The molecule has 1 aromatic rings. The summed E-state index contributed by atoms with van der Waals surface area (Å²) in [4.78, 5) is 14.2. The third-order valence-electron chi connectivity index (χ3n) is 3.10. The predicted octanol–water partition coefficient (Wildman–Crippen LogP) is 0.758. The lowest BCUT2D eigenvalue weighted by Crippen LogP contribution is -2.41. The second kappa shape index (κ2) is 5.79. The Balaban J connectivity index is 2.34. The summed E-state index contributed by atoms with van der Waals surface area (Å²) in [6.45, 7) is 2.23. The van der Waals surface area contributed by atoms with Gasteiger partial charge >= 0.3 is 0 Å². The van der Waals surface area contributed by atoms with E-state index in [-0.39, 0.29) is 5.91 Å². The Labute approximate surface area is 112 Å². The van der Waals surface area contributed by atoms with Gasteiger partial charge in [-0.05, 0) is 6.07 Å². The largest absolute Gasteiger partial charge is 0.497 e. The number of nitrogens with two attached hydrogens (primary N) is 1. The Morgan fingerprint density at radius 1 is 1.26 bits per heavy atom. The summed E-state index contributed by atoms with van der Waals surface area (Å²) in [7, 11) is 3.04. The fourth-order valence-electron chi connectivity index (χ4n) is 2.00. The summed E-state index contributed by atoms with van der Waals surface area (Å²) in [5, 5.41) is 0. The maximum atomic E-state index is 12.4. The molecule has 1 heterocycles. The van der Waals surface area contributed by atoms with Gasteiger partial charge in [0, 0.05) is 19.2 Å². The first kappa shape index (κ1) is 13.5. The van der Waals surface area contributed by atoms with Crippen molar-refractivity contribution in [3.63, 3.8) is 0 Å². The first-order valence-electron chi connectivity index (χ1n) is 6.06. The third-order valence-corrected chi connectivity index (χ3v) is 3.10. The Morgan fingerprint density at radius 3 is 2.53 bits per heavy atom. The van der Waals surface area contributed by atoms with Crippen molar-refractivity contribution < 1.29 is 19.0 Å². The average molecular weight is 266 g/mol. The number of morpholine rings is 1. The Morgan fingerprint density at radius 2 is 1.95 bits per heavy atom. The number of hydrogen-bond acceptors (Lipinski definition) is 5. The molecule has 0 aromatic heterocycles. The lowest BCUT2D eigenvalue weighted by molar-refractivity contribution is 0.0303. The van der Waals surface area contributed by atoms with Crippen molar-refractivity contribution in [3.8, 4) is 11.5 Å². The van der Waals surface area contributed by atoms with Crippen LogP contribution in [0.1, 0.15) is 10.4 Å². The highest BCUT2D eigenvalue weighted by Crippen LogP contribution is 2.31. The molecule has 2 rings (SSSR count). The molecule has 1 aromatic carbocycles. The van der Waals surface area contributed by atoms with Gasteiger partial charge in [0.25, 0.3) is 5.91 Å². The van der Waals surface area contributed by atoms with Crippen LogP contribution in [0, 0.1) is 0 Å². The molecule has 1 amide bonds. The molecule has 19 heavy (non-hydrogen) atoms. The van der Waals surface area contributed by atoms with E-state index in [9.17, 15) is 4.79 Å². The lowest BCUT2D eigenvalue weighted by Gasteiger charge is -2.27. The molecule has 0 saturated carbocycles. The van der Waals surface area contributed by atoms with Gasteiger partial charge in [0.1, 0.15) is 11.5 Å². The zero-order valence-electron chi connectivity index (χ0n) is 11.1. The van der Waals surface area contributed by atoms with E-state index in [2.05, 4.69) is 0 Å². The van der Waals surface area contributed by atoms with Crippen LogP contribution in [0.4, 0.5) is 5.69 Å². The minimum absolute atomic E-state index is 0.127. The lowest BCUT2D eigenvalue weighted by atomic mass is 10.1. The standard InChI is InChI=1S/C13H18N2O4/c1-17-9-7-10(12(14)11(8-9)18-2)13(16)15-3-5-19-6-4-15/h7-8H,3-6,14H2,1-2H3. The number of hydrogen-bond donors (Lipinski definition) is 1. The number of anilines is 1. The van der Waals surface area contributed by atoms with E-state index in [4.69, 9.17) is 19.9 Å². The van der Waals surface area contributed by atoms with Gasteiger partial charge < -0.3 is 24.8 Å². The van der Waals surface area contributed by atoms with Crippen LogP contribution < -0.4 is 15.2 Å². The SMILES string of the molecule is COc1cc(OC)c(N)c(C(=O)N2CCOCC2)c1. The van der Waals surface area contributed by atoms with Crippen molar-refractivity contribution in [2.45, 2.75) is 0 Å². The van der Waals surface area contributed by atoms with E-state index < -0.39 is 0 Å². The van der Waals surface area contributed by atoms with Gasteiger partial charge in [-0.1, -0.05) is 0 Å². The fourth-order valence-corrected chi connectivity index (χ4v) is 2.00. The van der Waals surface area contributed by atoms with E-state index in [1.54, 1.807) is 17.0 Å². The quantitative estimate of drug-likeness (QED) is 0.817. The van der Waals surface area contributed by atoms with Gasteiger partial charge in [-0.3, -0.25) is 4.79 Å². The number of nitrogens with zero attached hydrogens (tertiary/aromatic N) is 1. The van der Waals surface area contributed by atoms with Crippen molar-refractivity contribution in [1.29, 1.82) is 0 Å². The predicted molar refractivity (Wildman–Crippen MR) is 70.7 cm³/mol. The molecular formula is C13H18N2O4. The number of ether oxygens (including phenoxy) is 3. The maximum absolute atomic E-state index is 12.4. The average Bonchev–Trinajstić information content (AvgIpc) is 2.47. The molecule has 0 atom stereocenters. The second-order valence-electron chi connectivity index (χ2n) is 4.20. The van der Waals surface area contributed by atoms with Gasteiger partial charge in [-0.25, -0.2) is 0 Å². The molecule has 0 aliphatic carbocycles. The Kier molecular flexibility index (Phi) is 4.11. The molecule has 1 fully saturated rings. The van der Waals surface area contributed by atoms with Crippen molar-refractivity contribution >= 4 is 11.6 Å². The molecule has 1 saturated heterocycles. The Bertz CT molecular complexity index is 470. The number of nitrogen functional groups attached to an aromatic ring is 1. The van der Waals surface area contributed by atoms with Crippen LogP contribution >= 0.6 is 0 Å². The molecule has 0 radical (unpaired) electrons. The zero-order valence-corrected chi connectivity index (χ0v) is 11.1. The van der Waals surface area contributed by atoms with Gasteiger partial charge in [-0.15, -0.1) is 0 Å². The van der Waals surface area contributed by atoms with Crippen LogP contribution in [-0.4, -0.2) is 51.3 Å². The van der Waals surface area contributed by atoms with E-state index >= 15 is 0 Å². The number of rotatable bonds is 3. The Hall–Kier alpha value is -1.95. The molecule has 0 bridgehead atoms. The maximum Gasteiger partial charge on any atom is 0.256 e. The molecule has 2 N–H and O–H groups in total. The molecule has 0 unspecified atom stereocenters. The molecule has 0 spiro atoms. The number of amides is 1. The topological polar surface area (TPSA) is 74.0 Å². The fraction of sp³-hybridized carbons (Fsp3) is 0.462.